The third-order valence-electron chi connectivity index (χ3n) is 6.58. The summed E-state index contributed by atoms with van der Waals surface area (Å²) < 4.78 is 0. The maximum Gasteiger partial charge on any atom is 0.245 e. The molecule has 1 aliphatic heterocycles. The van der Waals surface area contributed by atoms with Gasteiger partial charge in [-0.05, 0) is 38.0 Å². The first-order chi connectivity index (χ1) is 19.4. The predicted octanol–water partition coefficient (Wildman–Crippen LogP) is -3.06. The number of aromatic amines is 1. The summed E-state index contributed by atoms with van der Waals surface area (Å²) in [7, 11) is 0. The van der Waals surface area contributed by atoms with Crippen LogP contribution in [0.5, 0.6) is 0 Å². The number of aliphatic imine (C=N–C) groups is 1. The first-order valence-electron chi connectivity index (χ1n) is 13.7. The summed E-state index contributed by atoms with van der Waals surface area (Å²) in [5.41, 5.74) is 22.3. The molecule has 1 aromatic heterocycles. The molecular formula is C25H43N11O5. The van der Waals surface area contributed by atoms with Crippen LogP contribution in [0.25, 0.3) is 0 Å². The Morgan fingerprint density at radius 1 is 1.10 bits per heavy atom. The third-order valence-corrected chi connectivity index (χ3v) is 6.58. The smallest absolute Gasteiger partial charge is 0.245 e. The van der Waals surface area contributed by atoms with Gasteiger partial charge >= 0.3 is 0 Å². The van der Waals surface area contributed by atoms with Crippen LogP contribution >= 0.6 is 0 Å². The van der Waals surface area contributed by atoms with E-state index in [0.29, 0.717) is 31.4 Å². The summed E-state index contributed by atoms with van der Waals surface area (Å²) in [5.74, 6) is -2.80. The molecule has 1 saturated heterocycles. The van der Waals surface area contributed by atoms with Crippen molar-refractivity contribution in [1.82, 2.24) is 30.8 Å². The van der Waals surface area contributed by atoms with Gasteiger partial charge in [-0.1, -0.05) is 13.8 Å². The normalized spacial score (nSPS) is 16.9. The number of hydrogen-bond donors (Lipinski definition) is 8. The molecule has 41 heavy (non-hydrogen) atoms. The number of nitrogens with one attached hydrogen (secondary N) is 4. The van der Waals surface area contributed by atoms with Crippen LogP contribution in [0.1, 0.15) is 51.6 Å². The van der Waals surface area contributed by atoms with E-state index in [1.165, 1.54) is 17.4 Å². The number of aromatic nitrogens is 2. The highest BCUT2D eigenvalue weighted by atomic mass is 16.2. The summed E-state index contributed by atoms with van der Waals surface area (Å²) in [4.78, 5) is 76.4. The second-order valence-electron chi connectivity index (χ2n) is 10.4. The summed E-state index contributed by atoms with van der Waals surface area (Å²) in [6.45, 7) is 3.96. The number of primary amides is 1. The molecule has 16 heteroatoms. The SMILES string of the molecule is CC(C)C[C@H](NC(=O)[C@@H]1CCCN1C(=O)[C@H](CCCN=C(N)N)NC(=O)[C@H](Cc1cnc[nH]1)NC(=O)CN)C(N)=O. The Hall–Kier alpha value is -4.21. The van der Waals surface area contributed by atoms with Crippen molar-refractivity contribution in [3.05, 3.63) is 18.2 Å². The molecule has 228 valence electrons. The highest BCUT2D eigenvalue weighted by Crippen LogP contribution is 2.20. The summed E-state index contributed by atoms with van der Waals surface area (Å²) >= 11 is 0. The van der Waals surface area contributed by atoms with E-state index >= 15 is 0 Å². The van der Waals surface area contributed by atoms with Gasteiger partial charge in [0.25, 0.3) is 0 Å². The number of amides is 5. The molecule has 16 nitrogen and oxygen atoms in total. The maximum absolute atomic E-state index is 13.8. The number of carbonyl (C=O) groups is 5. The molecule has 1 aromatic rings. The number of nitrogens with zero attached hydrogens (tertiary/aromatic N) is 3. The third kappa shape index (κ3) is 10.7. The van der Waals surface area contributed by atoms with Crippen LogP contribution in [0.3, 0.4) is 0 Å². The molecule has 4 atom stereocenters. The Kier molecular flexibility index (Phi) is 13.0. The van der Waals surface area contributed by atoms with Crippen LogP contribution in [0.4, 0.5) is 0 Å². The largest absolute Gasteiger partial charge is 0.370 e. The van der Waals surface area contributed by atoms with Crippen molar-refractivity contribution in [2.24, 2.45) is 33.8 Å². The standard InChI is InChI=1S/C25H43N11O5/c1-14(2)9-17(21(27)38)35-23(40)19-6-4-8-36(19)24(41)16(5-3-7-31-25(28)29)34-22(39)18(33-20(37)11-26)10-15-12-30-13-32-15/h12-14,16-19H,3-11,26H2,1-2H3,(H2,27,38)(H,30,32)(H,33,37)(H,34,39)(H,35,40)(H4,28,29,31)/t16-,17-,18-,19-/m0/s1. The molecule has 0 bridgehead atoms. The summed E-state index contributed by atoms with van der Waals surface area (Å²) in [5, 5.41) is 7.98. The van der Waals surface area contributed by atoms with Crippen LogP contribution in [-0.2, 0) is 30.4 Å². The quantitative estimate of drug-likeness (QED) is 0.0562. The van der Waals surface area contributed by atoms with Crippen molar-refractivity contribution < 1.29 is 24.0 Å². The van der Waals surface area contributed by atoms with Crippen molar-refractivity contribution in [1.29, 1.82) is 0 Å². The minimum absolute atomic E-state index is 0.0750. The van der Waals surface area contributed by atoms with Gasteiger partial charge in [-0.25, -0.2) is 4.98 Å². The first-order valence-corrected chi connectivity index (χ1v) is 13.7. The number of nitrogens with two attached hydrogens (primary N) is 4. The summed E-state index contributed by atoms with van der Waals surface area (Å²) in [6.07, 6.45) is 4.83. The van der Waals surface area contributed by atoms with E-state index in [2.05, 4.69) is 30.9 Å². The molecule has 12 N–H and O–H groups in total. The Bertz CT molecular complexity index is 1070. The second kappa shape index (κ2) is 16.2. The average molecular weight is 578 g/mol. The van der Waals surface area contributed by atoms with Gasteiger partial charge in [0.15, 0.2) is 5.96 Å². The lowest BCUT2D eigenvalue weighted by atomic mass is 10.0. The number of guanidine groups is 1. The van der Waals surface area contributed by atoms with Crippen LogP contribution in [0, 0.1) is 5.92 Å². The van der Waals surface area contributed by atoms with Crippen LogP contribution in [0.15, 0.2) is 17.5 Å². The van der Waals surface area contributed by atoms with Crippen LogP contribution in [0.2, 0.25) is 0 Å². The predicted molar refractivity (Wildman–Crippen MR) is 150 cm³/mol. The zero-order valence-electron chi connectivity index (χ0n) is 23.6. The molecule has 0 unspecified atom stereocenters. The van der Waals surface area contributed by atoms with E-state index in [9.17, 15) is 24.0 Å². The van der Waals surface area contributed by atoms with Crippen LogP contribution < -0.4 is 38.9 Å². The van der Waals surface area contributed by atoms with Crippen molar-refractivity contribution >= 4 is 35.5 Å². The molecule has 1 fully saturated rings. The lowest BCUT2D eigenvalue weighted by Crippen LogP contribution is -2.58. The number of carbonyl (C=O) groups excluding carboxylic acids is 5. The molecule has 0 saturated carbocycles. The number of H-pyrrole nitrogens is 1. The fraction of sp³-hybridized carbons (Fsp3) is 0.640. The highest BCUT2D eigenvalue weighted by molar-refractivity contribution is 5.95. The van der Waals surface area contributed by atoms with Crippen molar-refractivity contribution in [2.75, 3.05) is 19.6 Å². The first kappa shape index (κ1) is 33.0. The molecule has 1 aliphatic rings. The number of likely N-dealkylation sites (tertiary alicyclic amines) is 1. The Labute approximate surface area is 238 Å². The van der Waals surface area contributed by atoms with E-state index in [0.717, 1.165) is 0 Å². The molecule has 0 radical (unpaired) electrons. The zero-order chi connectivity index (χ0) is 30.5. The van der Waals surface area contributed by atoms with Gasteiger partial charge < -0.3 is 48.8 Å². The minimum Gasteiger partial charge on any atom is -0.370 e. The highest BCUT2D eigenvalue weighted by Gasteiger charge is 2.39. The molecular weight excluding hydrogens is 534 g/mol. The van der Waals surface area contributed by atoms with Crippen LogP contribution in [-0.4, -0.2) is 94.2 Å². The molecule has 5 amide bonds. The number of imidazole rings is 1. The van der Waals surface area contributed by atoms with E-state index in [4.69, 9.17) is 22.9 Å². The minimum atomic E-state index is -1.05. The number of rotatable bonds is 16. The Morgan fingerprint density at radius 3 is 2.41 bits per heavy atom. The molecule has 0 aliphatic carbocycles. The van der Waals surface area contributed by atoms with Crippen molar-refractivity contribution in [3.63, 3.8) is 0 Å². The molecule has 2 heterocycles. The van der Waals surface area contributed by atoms with E-state index in [1.807, 2.05) is 13.8 Å². The fourth-order valence-corrected chi connectivity index (χ4v) is 4.60. The molecule has 2 rings (SSSR count). The average Bonchev–Trinajstić information content (AvgIpc) is 3.61. The monoisotopic (exact) mass is 577 g/mol. The lowest BCUT2D eigenvalue weighted by Gasteiger charge is -2.30. The Morgan fingerprint density at radius 2 is 1.83 bits per heavy atom. The Balaban J connectivity index is 2.23. The van der Waals surface area contributed by atoms with E-state index in [-0.39, 0.29) is 44.4 Å². The van der Waals surface area contributed by atoms with Gasteiger partial charge in [-0.3, -0.25) is 29.0 Å². The van der Waals surface area contributed by atoms with Gasteiger partial charge in [0, 0.05) is 31.4 Å². The van der Waals surface area contributed by atoms with Crippen molar-refractivity contribution in [3.8, 4) is 0 Å². The van der Waals surface area contributed by atoms with Crippen molar-refractivity contribution in [2.45, 2.75) is 76.5 Å². The van der Waals surface area contributed by atoms with E-state index in [1.54, 1.807) is 0 Å². The number of hydrogen-bond acceptors (Lipinski definition) is 8. The van der Waals surface area contributed by atoms with E-state index < -0.39 is 53.7 Å². The lowest BCUT2D eigenvalue weighted by molar-refractivity contribution is -0.142. The van der Waals surface area contributed by atoms with Gasteiger partial charge in [-0.15, -0.1) is 0 Å². The maximum atomic E-state index is 13.8. The van der Waals surface area contributed by atoms with Gasteiger partial charge in [0.2, 0.25) is 29.5 Å². The molecule has 0 spiro atoms. The summed E-state index contributed by atoms with van der Waals surface area (Å²) in [6, 6.07) is -3.81. The zero-order valence-corrected chi connectivity index (χ0v) is 23.6. The molecule has 0 aromatic carbocycles. The topological polar surface area (TPSA) is 270 Å². The fourth-order valence-electron chi connectivity index (χ4n) is 4.60. The van der Waals surface area contributed by atoms with Gasteiger partial charge in [-0.2, -0.15) is 0 Å². The van der Waals surface area contributed by atoms with Gasteiger partial charge in [0.1, 0.15) is 24.2 Å². The van der Waals surface area contributed by atoms with Gasteiger partial charge in [0.05, 0.1) is 12.9 Å². The second-order valence-corrected chi connectivity index (χ2v) is 10.4.